The molecule has 0 spiro atoms. The summed E-state index contributed by atoms with van der Waals surface area (Å²) in [4.78, 5) is 73.1. The van der Waals surface area contributed by atoms with Crippen LogP contribution in [0.4, 0.5) is 9.59 Å². The molecule has 4 amide bonds. The van der Waals surface area contributed by atoms with Gasteiger partial charge in [0.15, 0.2) is 0 Å². The van der Waals surface area contributed by atoms with E-state index in [4.69, 9.17) is 28.9 Å². The third kappa shape index (κ3) is 9.21. The lowest BCUT2D eigenvalue weighted by atomic mass is 9.90. The van der Waals surface area contributed by atoms with Crippen LogP contribution in [0.1, 0.15) is 77.5 Å². The largest absolute Gasteiger partial charge is 0.453 e. The molecule has 3 aliphatic heterocycles. The van der Waals surface area contributed by atoms with Gasteiger partial charge in [0.2, 0.25) is 11.8 Å². The summed E-state index contributed by atoms with van der Waals surface area (Å²) in [7, 11) is 4.26. The van der Waals surface area contributed by atoms with Gasteiger partial charge in [-0.3, -0.25) is 9.59 Å². The fraction of sp³-hybridized carbons (Fsp3) is 0.522. The smallest absolute Gasteiger partial charge is 0.407 e. The molecule has 3 aliphatic rings. The highest BCUT2D eigenvalue weighted by atomic mass is 16.5. The summed E-state index contributed by atoms with van der Waals surface area (Å²) >= 11 is 0. The van der Waals surface area contributed by atoms with Crippen LogP contribution >= 0.6 is 0 Å². The molecule has 62 heavy (non-hydrogen) atoms. The standard InChI is InChI=1S/C46H60N8O8/c1-27(2)38(51-44(57)60-6)42(56)54-28(3)16-19-46(54,4)43-48-24-36(50-43)33-14-10-31(11-15-33)30-8-12-32(13-9-30)35-23-47-40(49-35)37-22-29(26-59-5)25-53(37)41(55)39(52-45(58)61-7)34-17-20-62-21-18-34/h8-15,23-24,27-29,34,37-39H,16-22,25-26H2,1-7H3,(H,47,49)(H,48,50)(H,51,57)(H,52,58)/t28-,29-,37-,38-,39-,46-/m0/s1. The molecule has 2 aromatic carbocycles. The van der Waals surface area contributed by atoms with Gasteiger partial charge in [-0.25, -0.2) is 19.6 Å². The van der Waals surface area contributed by atoms with Crippen LogP contribution < -0.4 is 10.6 Å². The maximum atomic E-state index is 14.3. The molecule has 332 valence electrons. The number of aromatic nitrogens is 4. The monoisotopic (exact) mass is 852 g/mol. The lowest BCUT2D eigenvalue weighted by molar-refractivity contribution is -0.141. The van der Waals surface area contributed by atoms with E-state index in [1.54, 1.807) is 13.3 Å². The van der Waals surface area contributed by atoms with Gasteiger partial charge in [-0.2, -0.15) is 0 Å². The summed E-state index contributed by atoms with van der Waals surface area (Å²) in [6, 6.07) is 14.7. The van der Waals surface area contributed by atoms with Gasteiger partial charge < -0.3 is 49.3 Å². The van der Waals surface area contributed by atoms with Crippen LogP contribution in [0.2, 0.25) is 0 Å². The number of nitrogens with one attached hydrogen (secondary N) is 4. The molecule has 16 nitrogen and oxygen atoms in total. The number of rotatable bonds is 13. The van der Waals surface area contributed by atoms with E-state index >= 15 is 0 Å². The number of imidazole rings is 2. The molecule has 7 rings (SSSR count). The molecule has 3 saturated heterocycles. The number of H-pyrrole nitrogens is 2. The third-order valence-corrected chi connectivity index (χ3v) is 12.9. The number of aromatic amines is 2. The lowest BCUT2D eigenvalue weighted by Crippen LogP contribution is -2.56. The van der Waals surface area contributed by atoms with E-state index in [1.807, 2.05) is 43.7 Å². The minimum atomic E-state index is -0.738. The van der Waals surface area contributed by atoms with Gasteiger partial charge in [-0.15, -0.1) is 0 Å². The molecule has 0 unspecified atom stereocenters. The van der Waals surface area contributed by atoms with E-state index in [0.717, 1.165) is 46.5 Å². The molecule has 2 aromatic heterocycles. The molecule has 4 aromatic rings. The van der Waals surface area contributed by atoms with E-state index in [-0.39, 0.29) is 41.7 Å². The van der Waals surface area contributed by atoms with Gasteiger partial charge in [0, 0.05) is 38.8 Å². The highest BCUT2D eigenvalue weighted by molar-refractivity contribution is 5.88. The Bertz CT molecular complexity index is 2180. The van der Waals surface area contributed by atoms with Crippen LogP contribution in [0, 0.1) is 17.8 Å². The molecule has 3 fully saturated rings. The van der Waals surface area contributed by atoms with Crippen molar-refractivity contribution in [3.8, 4) is 33.6 Å². The Labute approximate surface area is 362 Å². The molecule has 0 saturated carbocycles. The number of methoxy groups -OCH3 is 3. The molecule has 16 heteroatoms. The average molecular weight is 853 g/mol. The zero-order chi connectivity index (χ0) is 44.1. The maximum absolute atomic E-state index is 14.3. The second kappa shape index (κ2) is 19.1. The van der Waals surface area contributed by atoms with Crippen LogP contribution in [0.25, 0.3) is 33.6 Å². The fourth-order valence-corrected chi connectivity index (χ4v) is 9.42. The second-order valence-corrected chi connectivity index (χ2v) is 17.3. The molecule has 4 N–H and O–H groups in total. The number of ether oxygens (including phenoxy) is 4. The van der Waals surface area contributed by atoms with Crippen molar-refractivity contribution >= 4 is 24.0 Å². The highest BCUT2D eigenvalue weighted by Gasteiger charge is 2.49. The summed E-state index contributed by atoms with van der Waals surface area (Å²) in [6.07, 6.45) is 5.88. The SMILES string of the molecule is COC[C@H]1C[C@@H](c2ncc(-c3ccc(-c4ccc(-c5cnc([C@]6(C)CC[C@H](C)N6C(=O)[C@@H](NC(=O)OC)C(C)C)[nH]5)cc4)cc3)[nH]2)N(C(=O)[C@@H](NC(=O)OC)C2CCOCC2)C1. The number of likely N-dealkylation sites (tertiary alicyclic amines) is 2. The van der Waals surface area contributed by atoms with Crippen molar-refractivity contribution in [3.05, 3.63) is 72.6 Å². The Balaban J connectivity index is 1.04. The number of nitrogens with zero attached hydrogens (tertiary/aromatic N) is 4. The number of hydrogen-bond acceptors (Lipinski definition) is 10. The Kier molecular flexibility index (Phi) is 13.7. The topological polar surface area (TPSA) is 193 Å². The minimum Gasteiger partial charge on any atom is -0.453 e. The normalized spacial score (nSPS) is 22.7. The minimum absolute atomic E-state index is 0.0385. The van der Waals surface area contributed by atoms with E-state index in [1.165, 1.54) is 14.2 Å². The second-order valence-electron chi connectivity index (χ2n) is 17.3. The van der Waals surface area contributed by atoms with Crippen LogP contribution in [0.5, 0.6) is 0 Å². The van der Waals surface area contributed by atoms with Crippen LogP contribution in [0.15, 0.2) is 60.9 Å². The summed E-state index contributed by atoms with van der Waals surface area (Å²) in [5, 5.41) is 5.56. The quantitative estimate of drug-likeness (QED) is 0.117. The van der Waals surface area contributed by atoms with Crippen LogP contribution in [-0.4, -0.2) is 120 Å². The van der Waals surface area contributed by atoms with Crippen molar-refractivity contribution in [2.24, 2.45) is 17.8 Å². The first kappa shape index (κ1) is 44.3. The van der Waals surface area contributed by atoms with Crippen LogP contribution in [0.3, 0.4) is 0 Å². The van der Waals surface area contributed by atoms with Crippen molar-refractivity contribution in [2.45, 2.75) is 89.5 Å². The summed E-state index contributed by atoms with van der Waals surface area (Å²) in [6.45, 7) is 9.94. The predicted molar refractivity (Wildman–Crippen MR) is 231 cm³/mol. The van der Waals surface area contributed by atoms with Gasteiger partial charge in [0.1, 0.15) is 23.7 Å². The Morgan fingerprint density at radius 2 is 1.40 bits per heavy atom. The zero-order valence-electron chi connectivity index (χ0n) is 36.7. The lowest BCUT2D eigenvalue weighted by Gasteiger charge is -2.39. The maximum Gasteiger partial charge on any atom is 0.407 e. The van der Waals surface area contributed by atoms with E-state index in [0.29, 0.717) is 57.3 Å². The zero-order valence-corrected chi connectivity index (χ0v) is 36.7. The fourth-order valence-electron chi connectivity index (χ4n) is 9.42. The van der Waals surface area contributed by atoms with Gasteiger partial charge in [-0.05, 0) is 80.0 Å². The highest BCUT2D eigenvalue weighted by Crippen LogP contribution is 2.42. The van der Waals surface area contributed by atoms with Crippen molar-refractivity contribution in [3.63, 3.8) is 0 Å². The number of alkyl carbamates (subject to hydrolysis) is 2. The summed E-state index contributed by atoms with van der Waals surface area (Å²) in [5.74, 6) is 0.967. The first-order valence-electron chi connectivity index (χ1n) is 21.6. The number of amides is 4. The Hall–Kier alpha value is -5.74. The molecule has 5 heterocycles. The van der Waals surface area contributed by atoms with E-state index in [9.17, 15) is 19.2 Å². The molecule has 6 atom stereocenters. The average Bonchev–Trinajstić information content (AvgIpc) is 4.12. The third-order valence-electron chi connectivity index (χ3n) is 12.9. The molecule has 0 radical (unpaired) electrons. The van der Waals surface area contributed by atoms with Crippen molar-refractivity contribution in [1.29, 1.82) is 0 Å². The Morgan fingerprint density at radius 3 is 2.00 bits per heavy atom. The van der Waals surface area contributed by atoms with Crippen molar-refractivity contribution in [1.82, 2.24) is 40.4 Å². The van der Waals surface area contributed by atoms with Crippen molar-refractivity contribution < 1.29 is 38.1 Å². The van der Waals surface area contributed by atoms with E-state index < -0.39 is 29.8 Å². The van der Waals surface area contributed by atoms with Gasteiger partial charge >= 0.3 is 12.2 Å². The van der Waals surface area contributed by atoms with Crippen molar-refractivity contribution in [2.75, 3.05) is 47.7 Å². The predicted octanol–water partition coefficient (Wildman–Crippen LogP) is 6.43. The molecule has 0 bridgehead atoms. The first-order chi connectivity index (χ1) is 29.8. The number of carbonyl (C=O) groups excluding carboxylic acids is 4. The first-order valence-corrected chi connectivity index (χ1v) is 21.6. The van der Waals surface area contributed by atoms with E-state index in [2.05, 4.69) is 69.1 Å². The summed E-state index contributed by atoms with van der Waals surface area (Å²) < 4.78 is 20.8. The molecule has 0 aliphatic carbocycles. The molecular formula is C46H60N8O8. The number of hydrogen-bond donors (Lipinski definition) is 4. The number of carbonyl (C=O) groups is 4. The molecular weight excluding hydrogens is 793 g/mol. The Morgan fingerprint density at radius 1 is 0.823 bits per heavy atom. The van der Waals surface area contributed by atoms with Crippen LogP contribution in [-0.2, 0) is 34.1 Å². The van der Waals surface area contributed by atoms with Gasteiger partial charge in [0.05, 0.1) is 56.2 Å². The summed E-state index contributed by atoms with van der Waals surface area (Å²) in [5.41, 5.74) is 4.98. The van der Waals surface area contributed by atoms with Gasteiger partial charge in [0.25, 0.3) is 0 Å². The number of benzene rings is 2. The van der Waals surface area contributed by atoms with Gasteiger partial charge in [-0.1, -0.05) is 62.4 Å².